The van der Waals surface area contributed by atoms with Crippen LogP contribution in [0.5, 0.6) is 11.5 Å². The van der Waals surface area contributed by atoms with Crippen molar-refractivity contribution in [3.8, 4) is 11.5 Å². The summed E-state index contributed by atoms with van der Waals surface area (Å²) < 4.78 is 11.3. The maximum absolute atomic E-state index is 12.6. The van der Waals surface area contributed by atoms with E-state index in [0.29, 0.717) is 27.6 Å². The molecule has 1 aliphatic heterocycles. The molecule has 3 aromatic rings. The van der Waals surface area contributed by atoms with Gasteiger partial charge in [0.2, 0.25) is 5.78 Å². The number of fused-ring (bicyclic) bond motifs is 1. The molecule has 0 spiro atoms. The van der Waals surface area contributed by atoms with Crippen LogP contribution in [0.4, 0.5) is 0 Å². The van der Waals surface area contributed by atoms with Crippen molar-refractivity contribution in [2.24, 2.45) is 0 Å². The van der Waals surface area contributed by atoms with E-state index in [4.69, 9.17) is 21.1 Å². The predicted molar refractivity (Wildman–Crippen MR) is 112 cm³/mol. The van der Waals surface area contributed by atoms with Crippen LogP contribution >= 0.6 is 11.6 Å². The van der Waals surface area contributed by atoms with Gasteiger partial charge in [0.1, 0.15) is 11.5 Å². The van der Waals surface area contributed by atoms with Gasteiger partial charge in [-0.15, -0.1) is 0 Å². The van der Waals surface area contributed by atoms with Gasteiger partial charge in [-0.1, -0.05) is 35.9 Å². The van der Waals surface area contributed by atoms with Crippen molar-refractivity contribution in [2.75, 3.05) is 6.61 Å². The summed E-state index contributed by atoms with van der Waals surface area (Å²) in [5.41, 5.74) is 2.97. The molecule has 0 N–H and O–H groups in total. The number of carbonyl (C=O) groups excluding carboxylic acids is 2. The summed E-state index contributed by atoms with van der Waals surface area (Å²) in [5.74, 6) is 0.803. The number of ether oxygens (including phenoxy) is 2. The first kappa shape index (κ1) is 19.0. The largest absolute Gasteiger partial charge is 0.485 e. The van der Waals surface area contributed by atoms with Crippen molar-refractivity contribution in [3.05, 3.63) is 99.8 Å². The van der Waals surface area contributed by atoms with E-state index in [1.807, 2.05) is 31.2 Å². The number of hydrogen-bond acceptors (Lipinski definition) is 4. The van der Waals surface area contributed by atoms with Gasteiger partial charge in [-0.05, 0) is 60.5 Å². The second kappa shape index (κ2) is 7.94. The molecule has 0 aliphatic carbocycles. The lowest BCUT2D eigenvalue weighted by atomic mass is 10.1. The predicted octanol–water partition coefficient (Wildman–Crippen LogP) is 5.53. The molecule has 0 radical (unpaired) electrons. The minimum atomic E-state index is -0.174. The van der Waals surface area contributed by atoms with Gasteiger partial charge in [0.25, 0.3) is 0 Å². The van der Waals surface area contributed by atoms with Gasteiger partial charge in [0.15, 0.2) is 18.1 Å². The van der Waals surface area contributed by atoms with Crippen molar-refractivity contribution in [1.29, 1.82) is 0 Å². The first-order valence-electron chi connectivity index (χ1n) is 9.07. The van der Waals surface area contributed by atoms with Crippen molar-refractivity contribution < 1.29 is 19.1 Å². The number of halogens is 1. The molecule has 0 saturated heterocycles. The normalized spacial score (nSPS) is 13.9. The maximum Gasteiger partial charge on any atom is 0.231 e. The summed E-state index contributed by atoms with van der Waals surface area (Å²) in [6.07, 6.45) is 1.74. The van der Waals surface area contributed by atoms with Crippen LogP contribution in [0.15, 0.2) is 72.5 Å². The smallest absolute Gasteiger partial charge is 0.231 e. The number of rotatable bonds is 5. The Bertz CT molecular complexity index is 1130. The monoisotopic (exact) mass is 404 g/mol. The zero-order chi connectivity index (χ0) is 20.4. The minimum absolute atomic E-state index is 0.125. The molecular formula is C24H17ClO4. The Labute approximate surface area is 173 Å². The van der Waals surface area contributed by atoms with Gasteiger partial charge in [-0.25, -0.2) is 0 Å². The SMILES string of the molecule is Cc1ccccc1/C=C1/Oc2cc(OCC(=O)c3ccc(Cl)cc3)ccc2C1=O. The molecule has 0 fully saturated rings. The van der Waals surface area contributed by atoms with Gasteiger partial charge in [0.05, 0.1) is 5.56 Å². The summed E-state index contributed by atoms with van der Waals surface area (Å²) in [5, 5.41) is 0.567. The summed E-state index contributed by atoms with van der Waals surface area (Å²) in [6.45, 7) is 1.85. The highest BCUT2D eigenvalue weighted by atomic mass is 35.5. The summed E-state index contributed by atoms with van der Waals surface area (Å²) >= 11 is 5.84. The third kappa shape index (κ3) is 4.08. The molecule has 0 bridgehead atoms. The quantitative estimate of drug-likeness (QED) is 0.414. The molecule has 1 heterocycles. The fourth-order valence-corrected chi connectivity index (χ4v) is 3.14. The molecular weight excluding hydrogens is 388 g/mol. The van der Waals surface area contributed by atoms with Gasteiger partial charge >= 0.3 is 0 Å². The van der Waals surface area contributed by atoms with E-state index in [2.05, 4.69) is 0 Å². The second-order valence-electron chi connectivity index (χ2n) is 6.67. The Hall–Kier alpha value is -3.37. The molecule has 5 heteroatoms. The molecule has 144 valence electrons. The Morgan fingerprint density at radius 3 is 2.59 bits per heavy atom. The fourth-order valence-electron chi connectivity index (χ4n) is 3.01. The number of ketones is 2. The standard InChI is InChI=1S/C24H17ClO4/c1-15-4-2-3-5-17(15)12-23-24(27)20-11-10-19(13-22(20)29-23)28-14-21(26)16-6-8-18(25)9-7-16/h2-13H,14H2,1H3/b23-12+. The number of hydrogen-bond donors (Lipinski definition) is 0. The van der Waals surface area contributed by atoms with Gasteiger partial charge < -0.3 is 9.47 Å². The van der Waals surface area contributed by atoms with Crippen LogP contribution < -0.4 is 9.47 Å². The third-order valence-electron chi connectivity index (χ3n) is 4.65. The maximum atomic E-state index is 12.6. The molecule has 4 nitrogen and oxygen atoms in total. The van der Waals surface area contributed by atoms with E-state index in [0.717, 1.165) is 11.1 Å². The Balaban J connectivity index is 1.48. The second-order valence-corrected chi connectivity index (χ2v) is 7.11. The van der Waals surface area contributed by atoms with Crippen molar-refractivity contribution in [1.82, 2.24) is 0 Å². The summed E-state index contributed by atoms with van der Waals surface area (Å²) in [7, 11) is 0. The van der Waals surface area contributed by atoms with E-state index in [1.165, 1.54) is 0 Å². The average Bonchev–Trinajstić information content (AvgIpc) is 3.03. The molecule has 1 aliphatic rings. The van der Waals surface area contributed by atoms with Gasteiger partial charge in [-0.3, -0.25) is 9.59 Å². The molecule has 0 aromatic heterocycles. The highest BCUT2D eigenvalue weighted by Gasteiger charge is 2.28. The number of allylic oxidation sites excluding steroid dienone is 1. The van der Waals surface area contributed by atoms with E-state index >= 15 is 0 Å². The van der Waals surface area contributed by atoms with Crippen LogP contribution in [0.2, 0.25) is 5.02 Å². The zero-order valence-electron chi connectivity index (χ0n) is 15.6. The first-order chi connectivity index (χ1) is 14.0. The zero-order valence-corrected chi connectivity index (χ0v) is 16.4. The van der Waals surface area contributed by atoms with E-state index < -0.39 is 0 Å². The van der Waals surface area contributed by atoms with E-state index in [1.54, 1.807) is 48.5 Å². The minimum Gasteiger partial charge on any atom is -0.485 e. The topological polar surface area (TPSA) is 52.6 Å². The lowest BCUT2D eigenvalue weighted by Crippen LogP contribution is -2.11. The van der Waals surface area contributed by atoms with Crippen LogP contribution in [0.1, 0.15) is 31.8 Å². The number of benzene rings is 3. The third-order valence-corrected chi connectivity index (χ3v) is 4.90. The summed E-state index contributed by atoms with van der Waals surface area (Å²) in [6, 6.07) is 19.3. The van der Waals surface area contributed by atoms with Crippen LogP contribution in [0, 0.1) is 6.92 Å². The first-order valence-corrected chi connectivity index (χ1v) is 9.44. The van der Waals surface area contributed by atoms with Gasteiger partial charge in [-0.2, -0.15) is 0 Å². The molecule has 0 atom stereocenters. The van der Waals surface area contributed by atoms with Gasteiger partial charge in [0, 0.05) is 16.7 Å². The molecule has 3 aromatic carbocycles. The van der Waals surface area contributed by atoms with E-state index in [9.17, 15) is 9.59 Å². The molecule has 0 unspecified atom stereocenters. The summed E-state index contributed by atoms with van der Waals surface area (Å²) in [4.78, 5) is 24.8. The van der Waals surface area contributed by atoms with Crippen molar-refractivity contribution >= 4 is 29.2 Å². The average molecular weight is 405 g/mol. The number of Topliss-reactive ketones (excluding diaryl/α,β-unsaturated/α-hetero) is 2. The molecule has 29 heavy (non-hydrogen) atoms. The lowest BCUT2D eigenvalue weighted by Gasteiger charge is -2.07. The fraction of sp³-hybridized carbons (Fsp3) is 0.0833. The Kier molecular flexibility index (Phi) is 5.19. The Morgan fingerprint density at radius 1 is 1.07 bits per heavy atom. The van der Waals surface area contributed by atoms with Crippen LogP contribution in [-0.4, -0.2) is 18.2 Å². The van der Waals surface area contributed by atoms with Crippen LogP contribution in [-0.2, 0) is 0 Å². The number of aryl methyl sites for hydroxylation is 1. The Morgan fingerprint density at radius 2 is 1.83 bits per heavy atom. The van der Waals surface area contributed by atoms with Crippen LogP contribution in [0.25, 0.3) is 6.08 Å². The molecule has 4 rings (SSSR count). The highest BCUT2D eigenvalue weighted by molar-refractivity contribution is 6.30. The van der Waals surface area contributed by atoms with Crippen molar-refractivity contribution in [2.45, 2.75) is 6.92 Å². The number of carbonyl (C=O) groups is 2. The van der Waals surface area contributed by atoms with Crippen LogP contribution in [0.3, 0.4) is 0 Å². The van der Waals surface area contributed by atoms with Crippen molar-refractivity contribution in [3.63, 3.8) is 0 Å². The molecule has 0 saturated carbocycles. The van der Waals surface area contributed by atoms with E-state index in [-0.39, 0.29) is 23.9 Å². The highest BCUT2D eigenvalue weighted by Crippen LogP contribution is 2.35. The molecule has 0 amide bonds. The lowest BCUT2D eigenvalue weighted by molar-refractivity contribution is 0.0921.